The van der Waals surface area contributed by atoms with Gasteiger partial charge in [0.25, 0.3) is 0 Å². The Morgan fingerprint density at radius 2 is 1.80 bits per heavy atom. The Morgan fingerprint density at radius 1 is 1.07 bits per heavy atom. The number of nitrogens with zero attached hydrogens (tertiary/aromatic N) is 2. The van der Waals surface area contributed by atoms with Gasteiger partial charge in [-0.1, -0.05) is 55.7 Å². The first-order chi connectivity index (χ1) is 19.3. The number of sulfonamides is 1. The van der Waals surface area contributed by atoms with Gasteiger partial charge in [0.1, 0.15) is 11.6 Å². The fraction of sp³-hybridized carbons (Fsp3) is 0.323. The monoisotopic (exact) mass is 555 g/mol. The summed E-state index contributed by atoms with van der Waals surface area (Å²) in [4.78, 5) is 21.9. The molecule has 1 amide bonds. The molecule has 0 saturated heterocycles. The second kappa shape index (κ2) is 11.6. The van der Waals surface area contributed by atoms with Crippen molar-refractivity contribution in [3.63, 3.8) is 0 Å². The predicted molar refractivity (Wildman–Crippen MR) is 154 cm³/mol. The maximum absolute atomic E-state index is 14.3. The highest BCUT2D eigenvalue weighted by atomic mass is 32.2. The lowest BCUT2D eigenvalue weighted by Crippen LogP contribution is -2.59. The van der Waals surface area contributed by atoms with E-state index in [0.717, 1.165) is 54.3 Å². The van der Waals surface area contributed by atoms with Crippen LogP contribution in [0.15, 0.2) is 84.0 Å². The minimum atomic E-state index is -4.25. The number of nitrogens with one attached hydrogen (secondary N) is 3. The Morgan fingerprint density at radius 3 is 2.55 bits per heavy atom. The van der Waals surface area contributed by atoms with E-state index in [0.29, 0.717) is 0 Å². The first kappa shape index (κ1) is 27.6. The van der Waals surface area contributed by atoms with E-state index in [1.54, 1.807) is 25.3 Å². The minimum Gasteiger partial charge on any atom is -0.361 e. The molecule has 3 N–H and O–H groups in total. The Bertz CT molecular complexity index is 1640. The zero-order valence-electron chi connectivity index (χ0n) is 22.4. The van der Waals surface area contributed by atoms with E-state index in [1.165, 1.54) is 12.1 Å². The van der Waals surface area contributed by atoms with Crippen LogP contribution in [0.4, 0.5) is 0 Å². The third-order valence-electron chi connectivity index (χ3n) is 7.79. The van der Waals surface area contributed by atoms with Crippen LogP contribution in [0.3, 0.4) is 0 Å². The zero-order chi connectivity index (χ0) is 28.2. The Labute approximate surface area is 234 Å². The van der Waals surface area contributed by atoms with Crippen LogP contribution in [0.5, 0.6) is 0 Å². The van der Waals surface area contributed by atoms with Crippen LogP contribution < -0.4 is 10.0 Å². The molecule has 9 heteroatoms. The zero-order valence-corrected chi connectivity index (χ0v) is 23.2. The molecule has 0 radical (unpaired) electrons. The number of benzene rings is 2. The van der Waals surface area contributed by atoms with Crippen molar-refractivity contribution in [2.24, 2.45) is 5.92 Å². The summed E-state index contributed by atoms with van der Waals surface area (Å²) in [6.45, 7) is 1.60. The molecule has 0 aliphatic heterocycles. The number of aromatic nitrogens is 2. The molecule has 5 rings (SSSR count). The normalized spacial score (nSPS) is 16.6. The van der Waals surface area contributed by atoms with Crippen LogP contribution in [0, 0.1) is 17.2 Å². The van der Waals surface area contributed by atoms with E-state index >= 15 is 0 Å². The third-order valence-corrected chi connectivity index (χ3v) is 9.45. The summed E-state index contributed by atoms with van der Waals surface area (Å²) < 4.78 is 30.1. The van der Waals surface area contributed by atoms with Crippen LogP contribution in [-0.4, -0.2) is 29.8 Å². The largest absolute Gasteiger partial charge is 0.361 e. The fourth-order valence-electron chi connectivity index (χ4n) is 5.73. The molecule has 1 aliphatic rings. The molecule has 2 unspecified atom stereocenters. The highest BCUT2D eigenvalue weighted by Gasteiger charge is 2.41. The third kappa shape index (κ3) is 5.79. The molecule has 40 heavy (non-hydrogen) atoms. The van der Waals surface area contributed by atoms with Crippen molar-refractivity contribution in [3.8, 4) is 6.07 Å². The van der Waals surface area contributed by atoms with Crippen molar-refractivity contribution < 1.29 is 13.2 Å². The lowest BCUT2D eigenvalue weighted by molar-refractivity contribution is -0.127. The number of rotatable bonds is 9. The van der Waals surface area contributed by atoms with Crippen molar-refractivity contribution in [1.29, 1.82) is 5.26 Å². The summed E-state index contributed by atoms with van der Waals surface area (Å²) in [5.74, 6) is -0.252. The van der Waals surface area contributed by atoms with Crippen LogP contribution >= 0.6 is 0 Å². The van der Waals surface area contributed by atoms with Gasteiger partial charge < -0.3 is 10.3 Å². The van der Waals surface area contributed by atoms with Crippen molar-refractivity contribution in [1.82, 2.24) is 20.0 Å². The number of hydrogen-bond acceptors (Lipinski definition) is 5. The fourth-order valence-corrected chi connectivity index (χ4v) is 7.26. The molecule has 1 fully saturated rings. The summed E-state index contributed by atoms with van der Waals surface area (Å²) >= 11 is 0. The lowest BCUT2D eigenvalue weighted by atomic mass is 9.82. The summed E-state index contributed by atoms with van der Waals surface area (Å²) in [5, 5.41) is 13.7. The van der Waals surface area contributed by atoms with E-state index in [1.807, 2.05) is 54.7 Å². The first-order valence-electron chi connectivity index (χ1n) is 13.6. The summed E-state index contributed by atoms with van der Waals surface area (Å²) in [7, 11) is -4.25. The van der Waals surface area contributed by atoms with E-state index in [4.69, 9.17) is 0 Å². The molecule has 0 spiro atoms. The highest BCUT2D eigenvalue weighted by molar-refractivity contribution is 7.89. The van der Waals surface area contributed by atoms with Gasteiger partial charge in [0.2, 0.25) is 15.9 Å². The van der Waals surface area contributed by atoms with Crippen LogP contribution in [0.1, 0.15) is 61.9 Å². The minimum absolute atomic E-state index is 0.0124. The van der Waals surface area contributed by atoms with Gasteiger partial charge in [0, 0.05) is 29.7 Å². The molecule has 2 aromatic carbocycles. The molecule has 206 valence electrons. The van der Waals surface area contributed by atoms with Crippen molar-refractivity contribution in [2.45, 2.75) is 61.9 Å². The summed E-state index contributed by atoms with van der Waals surface area (Å²) in [6.07, 6.45) is 8.85. The number of amides is 1. The van der Waals surface area contributed by atoms with Gasteiger partial charge >= 0.3 is 0 Å². The molecular formula is C31H33N5O3S. The second-order valence-corrected chi connectivity index (χ2v) is 12.3. The number of aromatic amines is 1. The van der Waals surface area contributed by atoms with Gasteiger partial charge in [-0.3, -0.25) is 9.78 Å². The maximum Gasteiger partial charge on any atom is 0.242 e. The van der Waals surface area contributed by atoms with Crippen LogP contribution in [-0.2, 0) is 21.2 Å². The van der Waals surface area contributed by atoms with E-state index < -0.39 is 21.5 Å². The molecule has 2 heterocycles. The first-order valence-corrected chi connectivity index (χ1v) is 15.1. The SMILES string of the molecule is CC(Cc1c[nH]c2ccccc12)(NS(=O)(=O)c1ccccc1C#N)C(=O)NC(c1ccccn1)C1CCCCC1. The molecule has 2 aromatic heterocycles. The van der Waals surface area contributed by atoms with Gasteiger partial charge in [-0.25, -0.2) is 8.42 Å². The standard InChI is InChI=1S/C31H33N5O3S/c1-31(19-24-21-34-26-15-7-6-14-25(24)26,36-40(38,39)28-17-8-5-13-23(28)20-32)30(37)35-29(22-11-3-2-4-12-22)27-16-9-10-18-33-27/h5-10,13-18,21-22,29,34,36H,2-4,11-12,19H2,1H3,(H,35,37). The summed E-state index contributed by atoms with van der Waals surface area (Å²) in [6, 6.07) is 20.9. The van der Waals surface area contributed by atoms with Crippen molar-refractivity contribution >= 4 is 26.8 Å². The maximum atomic E-state index is 14.3. The highest BCUT2D eigenvalue weighted by Crippen LogP contribution is 2.35. The average Bonchev–Trinajstić information content (AvgIpc) is 3.38. The molecule has 0 bridgehead atoms. The van der Waals surface area contributed by atoms with Gasteiger partial charge in [0.05, 0.1) is 22.2 Å². The van der Waals surface area contributed by atoms with E-state index in [-0.39, 0.29) is 28.8 Å². The van der Waals surface area contributed by atoms with Crippen LogP contribution in [0.2, 0.25) is 0 Å². The van der Waals surface area contributed by atoms with Gasteiger partial charge in [-0.05, 0) is 61.6 Å². The van der Waals surface area contributed by atoms with E-state index in [2.05, 4.69) is 20.0 Å². The second-order valence-electron chi connectivity index (χ2n) is 10.7. The van der Waals surface area contributed by atoms with Gasteiger partial charge in [-0.15, -0.1) is 0 Å². The molecule has 1 saturated carbocycles. The Kier molecular flexibility index (Phi) is 8.01. The number of H-pyrrole nitrogens is 1. The predicted octanol–water partition coefficient (Wildman–Crippen LogP) is 5.15. The lowest BCUT2D eigenvalue weighted by Gasteiger charge is -2.35. The van der Waals surface area contributed by atoms with Crippen LogP contribution in [0.25, 0.3) is 10.9 Å². The van der Waals surface area contributed by atoms with Crippen molar-refractivity contribution in [3.05, 3.63) is 95.9 Å². The number of hydrogen-bond donors (Lipinski definition) is 3. The van der Waals surface area contributed by atoms with Gasteiger partial charge in [0.15, 0.2) is 0 Å². The quantitative estimate of drug-likeness (QED) is 0.263. The van der Waals surface area contributed by atoms with Gasteiger partial charge in [-0.2, -0.15) is 9.98 Å². The number of pyridine rings is 1. The number of fused-ring (bicyclic) bond motifs is 1. The molecule has 1 aliphatic carbocycles. The number of carbonyl (C=O) groups excluding carboxylic acids is 1. The smallest absolute Gasteiger partial charge is 0.242 e. The number of carbonyl (C=O) groups is 1. The number of para-hydroxylation sites is 1. The summed E-state index contributed by atoms with van der Waals surface area (Å²) in [5.41, 5.74) is 0.894. The topological polar surface area (TPSA) is 128 Å². The van der Waals surface area contributed by atoms with Crippen molar-refractivity contribution in [2.75, 3.05) is 0 Å². The molecule has 2 atom stereocenters. The average molecular weight is 556 g/mol. The molecular weight excluding hydrogens is 522 g/mol. The Balaban J connectivity index is 1.54. The molecule has 8 nitrogen and oxygen atoms in total. The molecule has 4 aromatic rings. The Hall–Kier alpha value is -4.00. The van der Waals surface area contributed by atoms with E-state index in [9.17, 15) is 18.5 Å². The number of nitriles is 1.